The maximum atomic E-state index is 12.8. The van der Waals surface area contributed by atoms with Crippen molar-refractivity contribution in [2.24, 2.45) is 0 Å². The second-order valence-corrected chi connectivity index (χ2v) is 5.55. The summed E-state index contributed by atoms with van der Waals surface area (Å²) in [5.74, 6) is -1.39. The third-order valence-electron chi connectivity index (χ3n) is 2.78. The lowest BCUT2D eigenvalue weighted by molar-refractivity contribution is 0.0606. The van der Waals surface area contributed by atoms with Crippen LogP contribution in [0.3, 0.4) is 0 Å². The molecule has 1 aromatic carbocycles. The molecule has 0 aliphatic heterocycles. The van der Waals surface area contributed by atoms with Gasteiger partial charge in [0, 0.05) is 11.1 Å². The van der Waals surface area contributed by atoms with Crippen LogP contribution in [0, 0.1) is 12.7 Å². The first-order chi connectivity index (χ1) is 9.93. The Morgan fingerprint density at radius 2 is 1.90 bits per heavy atom. The Bertz CT molecular complexity index is 697. The van der Waals surface area contributed by atoms with E-state index in [0.717, 1.165) is 11.3 Å². The molecule has 2 aromatic rings. The van der Waals surface area contributed by atoms with Crippen molar-refractivity contribution in [3.8, 4) is 0 Å². The van der Waals surface area contributed by atoms with Crippen LogP contribution in [0.1, 0.15) is 25.6 Å². The van der Waals surface area contributed by atoms with E-state index < -0.39 is 17.7 Å². The van der Waals surface area contributed by atoms with Gasteiger partial charge in [0.2, 0.25) is 0 Å². The molecular weight excluding hydrogens is 317 g/mol. The number of halogens is 2. The first kappa shape index (κ1) is 15.5. The summed E-state index contributed by atoms with van der Waals surface area (Å²) >= 11 is 7.08. The van der Waals surface area contributed by atoms with Crippen LogP contribution in [0.2, 0.25) is 5.02 Å². The summed E-state index contributed by atoms with van der Waals surface area (Å²) in [5.41, 5.74) is 0.887. The quantitative estimate of drug-likeness (QED) is 0.870. The highest BCUT2D eigenvalue weighted by Crippen LogP contribution is 2.37. The van der Waals surface area contributed by atoms with Gasteiger partial charge in [-0.3, -0.25) is 4.79 Å². The Labute approximate surface area is 129 Å². The molecule has 1 aromatic heterocycles. The minimum Gasteiger partial charge on any atom is -0.465 e. The highest BCUT2D eigenvalue weighted by molar-refractivity contribution is 7.19. The van der Waals surface area contributed by atoms with Crippen molar-refractivity contribution < 1.29 is 18.7 Å². The largest absolute Gasteiger partial charge is 0.465 e. The van der Waals surface area contributed by atoms with E-state index in [1.807, 2.05) is 0 Å². The molecule has 0 aliphatic carbocycles. The fourth-order valence-corrected chi connectivity index (χ4v) is 2.97. The number of hydrogen-bond donors (Lipinski definition) is 1. The molecule has 0 fully saturated rings. The molecule has 0 aliphatic rings. The van der Waals surface area contributed by atoms with Crippen LogP contribution in [0.4, 0.5) is 9.39 Å². The zero-order chi connectivity index (χ0) is 15.6. The van der Waals surface area contributed by atoms with Gasteiger partial charge in [0.05, 0.1) is 12.1 Å². The van der Waals surface area contributed by atoms with Crippen molar-refractivity contribution in [3.05, 3.63) is 51.1 Å². The Kier molecular flexibility index (Phi) is 4.59. The molecule has 0 saturated carbocycles. The molecule has 110 valence electrons. The van der Waals surface area contributed by atoms with Gasteiger partial charge in [0.1, 0.15) is 15.7 Å². The van der Waals surface area contributed by atoms with E-state index in [9.17, 15) is 14.0 Å². The molecule has 0 atom stereocenters. The van der Waals surface area contributed by atoms with E-state index in [1.165, 1.54) is 31.4 Å². The van der Waals surface area contributed by atoms with Crippen molar-refractivity contribution >= 4 is 39.8 Å². The molecule has 0 radical (unpaired) electrons. The Balaban J connectivity index is 2.25. The first-order valence-electron chi connectivity index (χ1n) is 5.88. The summed E-state index contributed by atoms with van der Waals surface area (Å²) in [6.45, 7) is 1.69. The number of ether oxygens (including phenoxy) is 1. The van der Waals surface area contributed by atoms with Gasteiger partial charge < -0.3 is 10.1 Å². The maximum absolute atomic E-state index is 12.8. The van der Waals surface area contributed by atoms with Crippen LogP contribution in [0.25, 0.3) is 0 Å². The van der Waals surface area contributed by atoms with Gasteiger partial charge in [-0.15, -0.1) is 11.3 Å². The standard InChI is InChI=1S/C14H11ClFNO3S/c1-7-10(15)11(14(19)20-2)21-13(7)17-12(18)8-3-5-9(16)6-4-8/h3-6H,1-2H3,(H,17,18). The number of amides is 1. The van der Waals surface area contributed by atoms with Crippen molar-refractivity contribution in [3.63, 3.8) is 0 Å². The van der Waals surface area contributed by atoms with Crippen molar-refractivity contribution in [1.29, 1.82) is 0 Å². The normalized spacial score (nSPS) is 10.3. The van der Waals surface area contributed by atoms with E-state index >= 15 is 0 Å². The number of hydrogen-bond acceptors (Lipinski definition) is 4. The highest BCUT2D eigenvalue weighted by Gasteiger charge is 2.21. The second kappa shape index (κ2) is 6.24. The predicted octanol–water partition coefficient (Wildman–Crippen LogP) is 3.89. The lowest BCUT2D eigenvalue weighted by Crippen LogP contribution is -2.11. The molecule has 0 unspecified atom stereocenters. The van der Waals surface area contributed by atoms with Crippen LogP contribution in [0.5, 0.6) is 0 Å². The van der Waals surface area contributed by atoms with Gasteiger partial charge in [0.15, 0.2) is 0 Å². The van der Waals surface area contributed by atoms with Gasteiger partial charge in [-0.05, 0) is 31.2 Å². The fourth-order valence-electron chi connectivity index (χ4n) is 1.61. The summed E-state index contributed by atoms with van der Waals surface area (Å²) in [7, 11) is 1.25. The minimum absolute atomic E-state index is 0.228. The monoisotopic (exact) mass is 327 g/mol. The molecule has 0 spiro atoms. The Morgan fingerprint density at radius 1 is 1.29 bits per heavy atom. The fraction of sp³-hybridized carbons (Fsp3) is 0.143. The smallest absolute Gasteiger partial charge is 0.349 e. The van der Waals surface area contributed by atoms with Gasteiger partial charge in [-0.2, -0.15) is 0 Å². The number of benzene rings is 1. The highest BCUT2D eigenvalue weighted by atomic mass is 35.5. The molecule has 1 N–H and O–H groups in total. The van der Waals surface area contributed by atoms with Crippen LogP contribution in [-0.4, -0.2) is 19.0 Å². The van der Waals surface area contributed by atoms with Crippen molar-refractivity contribution in [2.45, 2.75) is 6.92 Å². The predicted molar refractivity (Wildman–Crippen MR) is 79.8 cm³/mol. The van der Waals surface area contributed by atoms with E-state index in [1.54, 1.807) is 6.92 Å². The summed E-state index contributed by atoms with van der Waals surface area (Å²) < 4.78 is 17.4. The van der Waals surface area contributed by atoms with Gasteiger partial charge in [0.25, 0.3) is 5.91 Å². The number of rotatable bonds is 3. The minimum atomic E-state index is -0.560. The van der Waals surface area contributed by atoms with Crippen LogP contribution >= 0.6 is 22.9 Å². The van der Waals surface area contributed by atoms with Crippen LogP contribution < -0.4 is 5.32 Å². The molecule has 21 heavy (non-hydrogen) atoms. The summed E-state index contributed by atoms with van der Waals surface area (Å²) in [6, 6.07) is 5.14. The number of esters is 1. The molecule has 0 saturated heterocycles. The van der Waals surface area contributed by atoms with Crippen LogP contribution in [0.15, 0.2) is 24.3 Å². The molecule has 1 heterocycles. The number of thiophene rings is 1. The molecule has 4 nitrogen and oxygen atoms in total. The number of anilines is 1. The molecule has 0 bridgehead atoms. The van der Waals surface area contributed by atoms with Gasteiger partial charge >= 0.3 is 5.97 Å². The topological polar surface area (TPSA) is 55.4 Å². The van der Waals surface area contributed by atoms with Gasteiger partial charge in [-0.25, -0.2) is 9.18 Å². The zero-order valence-electron chi connectivity index (χ0n) is 11.2. The molecule has 7 heteroatoms. The number of methoxy groups -OCH3 is 1. The molecular formula is C14H11ClFNO3S. The Morgan fingerprint density at radius 3 is 2.48 bits per heavy atom. The Hall–Kier alpha value is -1.92. The van der Waals surface area contributed by atoms with E-state index in [0.29, 0.717) is 16.1 Å². The number of nitrogens with one attached hydrogen (secondary N) is 1. The number of carbonyl (C=O) groups is 2. The third-order valence-corrected chi connectivity index (χ3v) is 4.55. The second-order valence-electron chi connectivity index (χ2n) is 4.15. The summed E-state index contributed by atoms with van der Waals surface area (Å²) in [4.78, 5) is 23.8. The first-order valence-corrected chi connectivity index (χ1v) is 7.07. The van der Waals surface area contributed by atoms with Crippen molar-refractivity contribution in [2.75, 3.05) is 12.4 Å². The average Bonchev–Trinajstić information content (AvgIpc) is 2.75. The van der Waals surface area contributed by atoms with Gasteiger partial charge in [-0.1, -0.05) is 11.6 Å². The third kappa shape index (κ3) is 3.22. The average molecular weight is 328 g/mol. The summed E-state index contributed by atoms with van der Waals surface area (Å²) in [6.07, 6.45) is 0. The van der Waals surface area contributed by atoms with E-state index in [4.69, 9.17) is 11.6 Å². The maximum Gasteiger partial charge on any atom is 0.349 e. The SMILES string of the molecule is COC(=O)c1sc(NC(=O)c2ccc(F)cc2)c(C)c1Cl. The molecule has 1 amide bonds. The number of carbonyl (C=O) groups excluding carboxylic acids is 2. The van der Waals surface area contributed by atoms with Crippen LogP contribution in [-0.2, 0) is 4.74 Å². The van der Waals surface area contributed by atoms with E-state index in [2.05, 4.69) is 10.1 Å². The zero-order valence-corrected chi connectivity index (χ0v) is 12.8. The van der Waals surface area contributed by atoms with Crippen molar-refractivity contribution in [1.82, 2.24) is 0 Å². The van der Waals surface area contributed by atoms with E-state index in [-0.39, 0.29) is 9.90 Å². The molecule has 2 rings (SSSR count). The summed E-state index contributed by atoms with van der Waals surface area (Å²) in [5, 5.41) is 3.36. The lowest BCUT2D eigenvalue weighted by atomic mass is 10.2. The lowest BCUT2D eigenvalue weighted by Gasteiger charge is -2.03.